The summed E-state index contributed by atoms with van der Waals surface area (Å²) in [5.41, 5.74) is -1.05. The molecule has 162 valence electrons. The Morgan fingerprint density at radius 1 is 0.893 bits per heavy atom. The molecule has 0 aromatic carbocycles. The third-order valence-corrected chi connectivity index (χ3v) is 4.58. The van der Waals surface area contributed by atoms with Crippen molar-refractivity contribution in [3.63, 3.8) is 0 Å². The van der Waals surface area contributed by atoms with Crippen molar-refractivity contribution in [2.75, 3.05) is 44.2 Å². The number of hydrogen-bond donors (Lipinski definition) is 1. The molecule has 1 N–H and O–H groups in total. The highest BCUT2D eigenvalue weighted by Gasteiger charge is 2.25. The maximum Gasteiger partial charge on any atom is 0.410 e. The zero-order valence-corrected chi connectivity index (χ0v) is 18.8. The highest BCUT2D eigenvalue weighted by atomic mass is 32.2. The lowest BCUT2D eigenvalue weighted by molar-refractivity contribution is -0.128. The lowest BCUT2D eigenvalue weighted by Crippen LogP contribution is -2.40. The van der Waals surface area contributed by atoms with Crippen LogP contribution in [0.4, 0.5) is 9.59 Å². The zero-order valence-electron chi connectivity index (χ0n) is 18.0. The van der Waals surface area contributed by atoms with Crippen LogP contribution in [-0.2, 0) is 14.3 Å². The molecule has 28 heavy (non-hydrogen) atoms. The maximum absolute atomic E-state index is 12.4. The molecular formula is C19H35N3O5S. The van der Waals surface area contributed by atoms with Gasteiger partial charge in [-0.1, -0.05) is 0 Å². The fraction of sp³-hybridized carbons (Fsp3) is 0.842. The van der Waals surface area contributed by atoms with Crippen LogP contribution in [0.2, 0.25) is 0 Å². The molecule has 1 aliphatic heterocycles. The van der Waals surface area contributed by atoms with Gasteiger partial charge in [0.05, 0.1) is 5.75 Å². The number of amides is 3. The summed E-state index contributed by atoms with van der Waals surface area (Å²) in [7, 11) is 0. The largest absolute Gasteiger partial charge is 0.444 e. The standard InChI is InChI=1S/C19H35N3O5S/c1-18(2,3)26-16(24)20-8-13-28-14-15(23)21-9-7-10-22(12-11-21)17(25)27-19(4,5)6/h7-14H2,1-6H3,(H,20,24). The summed E-state index contributed by atoms with van der Waals surface area (Å²) in [6.45, 7) is 13.6. The van der Waals surface area contributed by atoms with E-state index in [0.29, 0.717) is 44.2 Å². The molecule has 0 bridgehead atoms. The summed E-state index contributed by atoms with van der Waals surface area (Å²) in [5.74, 6) is 1.03. The molecule has 1 aliphatic rings. The smallest absolute Gasteiger partial charge is 0.410 e. The fourth-order valence-electron chi connectivity index (χ4n) is 2.47. The van der Waals surface area contributed by atoms with Crippen LogP contribution < -0.4 is 5.32 Å². The Hall–Kier alpha value is -1.64. The van der Waals surface area contributed by atoms with Gasteiger partial charge in [-0.2, -0.15) is 11.8 Å². The third kappa shape index (κ3) is 10.6. The normalized spacial score (nSPS) is 15.6. The molecule has 0 aromatic heterocycles. The monoisotopic (exact) mass is 417 g/mol. The molecule has 0 saturated carbocycles. The second-order valence-electron chi connectivity index (χ2n) is 8.68. The van der Waals surface area contributed by atoms with Crippen molar-refractivity contribution in [3.05, 3.63) is 0 Å². The highest BCUT2D eigenvalue weighted by molar-refractivity contribution is 7.99. The molecule has 0 spiro atoms. The lowest BCUT2D eigenvalue weighted by atomic mass is 10.2. The van der Waals surface area contributed by atoms with Crippen molar-refractivity contribution in [1.29, 1.82) is 0 Å². The minimum atomic E-state index is -0.525. The van der Waals surface area contributed by atoms with Crippen LogP contribution in [0.3, 0.4) is 0 Å². The van der Waals surface area contributed by atoms with Crippen LogP contribution in [0.1, 0.15) is 48.0 Å². The Labute approximate surface area is 172 Å². The Morgan fingerprint density at radius 2 is 1.46 bits per heavy atom. The van der Waals surface area contributed by atoms with Gasteiger partial charge in [0.15, 0.2) is 0 Å². The summed E-state index contributed by atoms with van der Waals surface area (Å²) in [6.07, 6.45) is -0.0471. The molecule has 9 heteroatoms. The summed E-state index contributed by atoms with van der Waals surface area (Å²) in [6, 6.07) is 0. The van der Waals surface area contributed by atoms with Gasteiger partial charge >= 0.3 is 12.2 Å². The Morgan fingerprint density at radius 3 is 2.07 bits per heavy atom. The van der Waals surface area contributed by atoms with E-state index in [-0.39, 0.29) is 12.0 Å². The molecule has 1 fully saturated rings. The van der Waals surface area contributed by atoms with Gasteiger partial charge in [-0.15, -0.1) is 0 Å². The topological polar surface area (TPSA) is 88.2 Å². The molecule has 1 rings (SSSR count). The first-order valence-electron chi connectivity index (χ1n) is 9.68. The minimum absolute atomic E-state index is 0.0494. The van der Waals surface area contributed by atoms with Gasteiger partial charge in [-0.3, -0.25) is 4.79 Å². The van der Waals surface area contributed by atoms with Gasteiger partial charge in [0, 0.05) is 38.5 Å². The van der Waals surface area contributed by atoms with E-state index in [2.05, 4.69) is 5.32 Å². The number of rotatable bonds is 5. The molecule has 0 radical (unpaired) electrons. The van der Waals surface area contributed by atoms with Crippen molar-refractivity contribution in [2.24, 2.45) is 0 Å². The molecule has 1 heterocycles. The zero-order chi connectivity index (χ0) is 21.4. The Balaban J connectivity index is 2.27. The van der Waals surface area contributed by atoms with Crippen LogP contribution >= 0.6 is 11.8 Å². The van der Waals surface area contributed by atoms with Gasteiger partial charge in [0.25, 0.3) is 0 Å². The van der Waals surface area contributed by atoms with Gasteiger partial charge in [-0.05, 0) is 48.0 Å². The fourth-order valence-corrected chi connectivity index (χ4v) is 3.21. The Kier molecular flexibility index (Phi) is 9.39. The highest BCUT2D eigenvalue weighted by Crippen LogP contribution is 2.13. The van der Waals surface area contributed by atoms with Crippen LogP contribution in [0.15, 0.2) is 0 Å². The number of carbonyl (C=O) groups is 3. The van der Waals surface area contributed by atoms with Crippen LogP contribution in [-0.4, -0.2) is 83.3 Å². The van der Waals surface area contributed by atoms with Crippen LogP contribution in [0, 0.1) is 0 Å². The lowest BCUT2D eigenvalue weighted by Gasteiger charge is -2.26. The summed E-state index contributed by atoms with van der Waals surface area (Å²) in [5, 5.41) is 2.67. The predicted molar refractivity (Wildman–Crippen MR) is 111 cm³/mol. The van der Waals surface area contributed by atoms with Gasteiger partial charge < -0.3 is 24.6 Å². The minimum Gasteiger partial charge on any atom is -0.444 e. The molecule has 3 amide bonds. The number of alkyl carbamates (subject to hydrolysis) is 1. The molecule has 8 nitrogen and oxygen atoms in total. The van der Waals surface area contributed by atoms with E-state index in [4.69, 9.17) is 9.47 Å². The van der Waals surface area contributed by atoms with Crippen molar-refractivity contribution in [1.82, 2.24) is 15.1 Å². The molecule has 0 aromatic rings. The number of nitrogens with one attached hydrogen (secondary N) is 1. The second kappa shape index (κ2) is 10.8. The van der Waals surface area contributed by atoms with E-state index in [1.165, 1.54) is 11.8 Å². The molecule has 0 unspecified atom stereocenters. The SMILES string of the molecule is CC(C)(C)OC(=O)NCCSCC(=O)N1CCCN(C(=O)OC(C)(C)C)CC1. The van der Waals surface area contributed by atoms with Crippen LogP contribution in [0.25, 0.3) is 0 Å². The van der Waals surface area contributed by atoms with Crippen molar-refractivity contribution < 1.29 is 23.9 Å². The van der Waals surface area contributed by atoms with Gasteiger partial charge in [0.2, 0.25) is 5.91 Å². The van der Waals surface area contributed by atoms with Gasteiger partial charge in [0.1, 0.15) is 11.2 Å². The second-order valence-corrected chi connectivity index (χ2v) is 9.79. The number of nitrogens with zero attached hydrogens (tertiary/aromatic N) is 2. The first kappa shape index (κ1) is 24.4. The van der Waals surface area contributed by atoms with E-state index in [0.717, 1.165) is 6.42 Å². The van der Waals surface area contributed by atoms with E-state index in [1.54, 1.807) is 9.80 Å². The molecule has 1 saturated heterocycles. The Bertz CT molecular complexity index is 543. The number of carbonyl (C=O) groups excluding carboxylic acids is 3. The van der Waals surface area contributed by atoms with Crippen molar-refractivity contribution in [2.45, 2.75) is 59.2 Å². The number of hydrogen-bond acceptors (Lipinski definition) is 6. The first-order valence-corrected chi connectivity index (χ1v) is 10.8. The average Bonchev–Trinajstić information content (AvgIpc) is 2.77. The van der Waals surface area contributed by atoms with Crippen molar-refractivity contribution in [3.8, 4) is 0 Å². The van der Waals surface area contributed by atoms with E-state index in [9.17, 15) is 14.4 Å². The van der Waals surface area contributed by atoms with E-state index >= 15 is 0 Å². The number of ether oxygens (including phenoxy) is 2. The summed E-state index contributed by atoms with van der Waals surface area (Å²) < 4.78 is 10.6. The summed E-state index contributed by atoms with van der Waals surface area (Å²) >= 11 is 1.47. The average molecular weight is 418 g/mol. The molecule has 0 aliphatic carbocycles. The number of thioether (sulfide) groups is 1. The third-order valence-electron chi connectivity index (χ3n) is 3.64. The van der Waals surface area contributed by atoms with Crippen molar-refractivity contribution >= 4 is 29.9 Å². The maximum atomic E-state index is 12.4. The summed E-state index contributed by atoms with van der Waals surface area (Å²) in [4.78, 5) is 39.6. The van der Waals surface area contributed by atoms with Gasteiger partial charge in [-0.25, -0.2) is 9.59 Å². The molecule has 0 atom stereocenters. The predicted octanol–water partition coefficient (Wildman–Crippen LogP) is 2.71. The first-order chi connectivity index (χ1) is 12.9. The quantitative estimate of drug-likeness (QED) is 0.692. The van der Waals surface area contributed by atoms with Crippen LogP contribution in [0.5, 0.6) is 0 Å². The molecular weight excluding hydrogens is 382 g/mol. The van der Waals surface area contributed by atoms with E-state index in [1.807, 2.05) is 41.5 Å². The van der Waals surface area contributed by atoms with E-state index < -0.39 is 17.3 Å².